The SMILES string of the molecule is CC(=O)NC(Cc1ccc(CN)cc1)c1nnc(-c2ccc(C#N)cc2)s1. The van der Waals surface area contributed by atoms with Gasteiger partial charge in [-0.2, -0.15) is 5.26 Å². The fourth-order valence-electron chi connectivity index (χ4n) is 2.67. The number of amides is 1. The third kappa shape index (κ3) is 4.76. The van der Waals surface area contributed by atoms with Gasteiger partial charge in [-0.05, 0) is 29.7 Å². The molecule has 6 nitrogen and oxygen atoms in total. The molecule has 1 heterocycles. The van der Waals surface area contributed by atoms with Gasteiger partial charge in [-0.1, -0.05) is 47.7 Å². The highest BCUT2D eigenvalue weighted by Crippen LogP contribution is 2.28. The lowest BCUT2D eigenvalue weighted by Gasteiger charge is -2.15. The minimum Gasteiger partial charge on any atom is -0.347 e. The lowest BCUT2D eigenvalue weighted by Crippen LogP contribution is -2.27. The van der Waals surface area contributed by atoms with Gasteiger partial charge in [0.25, 0.3) is 0 Å². The monoisotopic (exact) mass is 377 g/mol. The molecule has 27 heavy (non-hydrogen) atoms. The van der Waals surface area contributed by atoms with Crippen LogP contribution >= 0.6 is 11.3 Å². The maximum atomic E-state index is 11.7. The van der Waals surface area contributed by atoms with Crippen LogP contribution in [0, 0.1) is 11.3 Å². The van der Waals surface area contributed by atoms with E-state index in [1.54, 1.807) is 12.1 Å². The van der Waals surface area contributed by atoms with Crippen LogP contribution in [-0.4, -0.2) is 16.1 Å². The summed E-state index contributed by atoms with van der Waals surface area (Å²) in [6.45, 7) is 1.99. The average molecular weight is 377 g/mol. The van der Waals surface area contributed by atoms with E-state index in [0.29, 0.717) is 18.5 Å². The highest BCUT2D eigenvalue weighted by molar-refractivity contribution is 7.14. The quantitative estimate of drug-likeness (QED) is 0.687. The zero-order valence-corrected chi connectivity index (χ0v) is 15.7. The first kappa shape index (κ1) is 18.7. The molecule has 136 valence electrons. The summed E-state index contributed by atoms with van der Waals surface area (Å²) in [7, 11) is 0. The van der Waals surface area contributed by atoms with Crippen LogP contribution in [0.2, 0.25) is 0 Å². The van der Waals surface area contributed by atoms with Crippen LogP contribution in [0.1, 0.15) is 34.7 Å². The number of nitriles is 1. The first-order chi connectivity index (χ1) is 13.1. The number of aromatic nitrogens is 2. The molecule has 1 atom stereocenters. The molecule has 3 rings (SSSR count). The molecule has 0 fully saturated rings. The van der Waals surface area contributed by atoms with E-state index in [-0.39, 0.29) is 11.9 Å². The van der Waals surface area contributed by atoms with Gasteiger partial charge in [0, 0.05) is 19.0 Å². The fraction of sp³-hybridized carbons (Fsp3) is 0.200. The van der Waals surface area contributed by atoms with Crippen LogP contribution in [0.3, 0.4) is 0 Å². The Balaban J connectivity index is 1.83. The number of nitrogens with one attached hydrogen (secondary N) is 1. The van der Waals surface area contributed by atoms with Gasteiger partial charge in [0.2, 0.25) is 5.91 Å². The molecule has 7 heteroatoms. The Kier molecular flexibility index (Phi) is 5.91. The van der Waals surface area contributed by atoms with Crippen molar-refractivity contribution in [3.05, 3.63) is 70.2 Å². The second-order valence-corrected chi connectivity index (χ2v) is 7.12. The number of nitrogens with two attached hydrogens (primary N) is 1. The third-order valence-corrected chi connectivity index (χ3v) is 5.16. The molecular formula is C20H19N5OS. The molecule has 1 aromatic heterocycles. The van der Waals surface area contributed by atoms with E-state index in [2.05, 4.69) is 21.6 Å². The first-order valence-electron chi connectivity index (χ1n) is 8.48. The molecule has 1 amide bonds. The van der Waals surface area contributed by atoms with Crippen molar-refractivity contribution in [1.82, 2.24) is 15.5 Å². The summed E-state index contributed by atoms with van der Waals surface area (Å²) in [4.78, 5) is 11.7. The summed E-state index contributed by atoms with van der Waals surface area (Å²) >= 11 is 1.44. The Labute approximate surface area is 161 Å². The number of hydrogen-bond acceptors (Lipinski definition) is 6. The Morgan fingerprint density at radius 2 is 1.81 bits per heavy atom. The molecule has 0 saturated carbocycles. The van der Waals surface area contributed by atoms with Crippen molar-refractivity contribution in [2.45, 2.75) is 25.9 Å². The van der Waals surface area contributed by atoms with Gasteiger partial charge in [0.05, 0.1) is 17.7 Å². The number of carbonyl (C=O) groups is 1. The van der Waals surface area contributed by atoms with Crippen molar-refractivity contribution < 1.29 is 4.79 Å². The Morgan fingerprint density at radius 1 is 1.15 bits per heavy atom. The van der Waals surface area contributed by atoms with Crippen LogP contribution < -0.4 is 11.1 Å². The first-order valence-corrected chi connectivity index (χ1v) is 9.29. The van der Waals surface area contributed by atoms with Crippen molar-refractivity contribution in [2.24, 2.45) is 5.73 Å². The summed E-state index contributed by atoms with van der Waals surface area (Å²) in [5, 5.41) is 21.9. The smallest absolute Gasteiger partial charge is 0.217 e. The molecular weight excluding hydrogens is 358 g/mol. The summed E-state index contributed by atoms with van der Waals surface area (Å²) in [6.07, 6.45) is 0.617. The van der Waals surface area contributed by atoms with Crippen LogP contribution in [0.5, 0.6) is 0 Å². The maximum absolute atomic E-state index is 11.7. The van der Waals surface area contributed by atoms with Gasteiger partial charge >= 0.3 is 0 Å². The van der Waals surface area contributed by atoms with E-state index in [9.17, 15) is 4.79 Å². The van der Waals surface area contributed by atoms with E-state index in [4.69, 9.17) is 11.0 Å². The molecule has 3 aromatic rings. The Hall–Kier alpha value is -3.08. The lowest BCUT2D eigenvalue weighted by atomic mass is 10.0. The molecule has 3 N–H and O–H groups in total. The van der Waals surface area contributed by atoms with E-state index >= 15 is 0 Å². The van der Waals surface area contributed by atoms with Crippen LogP contribution in [0.25, 0.3) is 10.6 Å². The number of carbonyl (C=O) groups excluding carboxylic acids is 1. The molecule has 2 aromatic carbocycles. The number of rotatable bonds is 6. The minimum atomic E-state index is -0.254. The Morgan fingerprint density at radius 3 is 2.41 bits per heavy atom. The average Bonchev–Trinajstić information content (AvgIpc) is 3.18. The van der Waals surface area contributed by atoms with Gasteiger partial charge < -0.3 is 11.1 Å². The number of hydrogen-bond donors (Lipinski definition) is 2. The van der Waals surface area contributed by atoms with E-state index in [1.807, 2.05) is 36.4 Å². The topological polar surface area (TPSA) is 105 Å². The molecule has 0 aliphatic heterocycles. The standard InChI is InChI=1S/C20H19N5OS/c1-13(26)23-18(10-14-2-4-15(11-21)5-3-14)20-25-24-19(27-20)17-8-6-16(12-22)7-9-17/h2-9,18H,10-11,21H2,1H3,(H,23,26). The zero-order chi connectivity index (χ0) is 19.2. The molecule has 0 bridgehead atoms. The van der Waals surface area contributed by atoms with Crippen LogP contribution in [-0.2, 0) is 17.8 Å². The van der Waals surface area contributed by atoms with Gasteiger partial charge in [-0.3, -0.25) is 4.79 Å². The number of benzene rings is 2. The van der Waals surface area contributed by atoms with Crippen molar-refractivity contribution in [3.63, 3.8) is 0 Å². The Bertz CT molecular complexity index is 957. The predicted molar refractivity (Wildman–Crippen MR) is 105 cm³/mol. The van der Waals surface area contributed by atoms with Crippen molar-refractivity contribution in [3.8, 4) is 16.6 Å². The molecule has 0 aliphatic carbocycles. The second-order valence-electron chi connectivity index (χ2n) is 6.11. The minimum absolute atomic E-state index is 0.117. The fourth-order valence-corrected chi connectivity index (χ4v) is 3.57. The van der Waals surface area contributed by atoms with Crippen LogP contribution in [0.15, 0.2) is 48.5 Å². The molecule has 1 unspecified atom stereocenters. The van der Waals surface area contributed by atoms with Crippen molar-refractivity contribution in [2.75, 3.05) is 0 Å². The normalized spacial score (nSPS) is 11.6. The molecule has 0 radical (unpaired) electrons. The van der Waals surface area contributed by atoms with Crippen molar-refractivity contribution >= 4 is 17.2 Å². The highest BCUT2D eigenvalue weighted by atomic mass is 32.1. The third-order valence-electron chi connectivity index (χ3n) is 4.08. The van der Waals surface area contributed by atoms with E-state index in [0.717, 1.165) is 26.7 Å². The lowest BCUT2D eigenvalue weighted by molar-refractivity contribution is -0.119. The molecule has 0 spiro atoms. The van der Waals surface area contributed by atoms with E-state index in [1.165, 1.54) is 18.3 Å². The maximum Gasteiger partial charge on any atom is 0.217 e. The van der Waals surface area contributed by atoms with E-state index < -0.39 is 0 Å². The van der Waals surface area contributed by atoms with Crippen molar-refractivity contribution in [1.29, 1.82) is 5.26 Å². The summed E-state index contributed by atoms with van der Waals surface area (Å²) < 4.78 is 0. The van der Waals surface area contributed by atoms with Gasteiger partial charge in [-0.25, -0.2) is 0 Å². The highest BCUT2D eigenvalue weighted by Gasteiger charge is 2.19. The van der Waals surface area contributed by atoms with Gasteiger partial charge in [-0.15, -0.1) is 10.2 Å². The molecule has 0 saturated heterocycles. The number of nitrogens with zero attached hydrogens (tertiary/aromatic N) is 3. The largest absolute Gasteiger partial charge is 0.347 e. The van der Waals surface area contributed by atoms with Crippen LogP contribution in [0.4, 0.5) is 0 Å². The zero-order valence-electron chi connectivity index (χ0n) is 14.8. The summed E-state index contributed by atoms with van der Waals surface area (Å²) in [5.74, 6) is -0.117. The summed E-state index contributed by atoms with van der Waals surface area (Å²) in [6, 6.07) is 17.0. The molecule has 0 aliphatic rings. The second kappa shape index (κ2) is 8.54. The summed E-state index contributed by atoms with van der Waals surface area (Å²) in [5.41, 5.74) is 9.28. The predicted octanol–water partition coefficient (Wildman–Crippen LogP) is 2.96. The van der Waals surface area contributed by atoms with Gasteiger partial charge in [0.1, 0.15) is 10.0 Å². The van der Waals surface area contributed by atoms with Gasteiger partial charge in [0.15, 0.2) is 0 Å².